The van der Waals surface area contributed by atoms with Crippen LogP contribution < -0.4 is 15.4 Å². The molecule has 8 heteroatoms. The summed E-state index contributed by atoms with van der Waals surface area (Å²) in [6, 6.07) is 5.11. The Morgan fingerprint density at radius 1 is 1.33 bits per heavy atom. The van der Waals surface area contributed by atoms with E-state index in [-0.39, 0.29) is 36.6 Å². The molecule has 2 aromatic rings. The number of hydrogen-bond acceptors (Lipinski definition) is 4. The monoisotopic (exact) mass is 505 g/mol. The van der Waals surface area contributed by atoms with Crippen LogP contribution in [0.5, 0.6) is 5.75 Å². The van der Waals surface area contributed by atoms with Gasteiger partial charge in [0.25, 0.3) is 0 Å². The van der Waals surface area contributed by atoms with Crippen LogP contribution in [0.25, 0.3) is 0 Å². The predicted molar refractivity (Wildman–Crippen MR) is 118 cm³/mol. The number of halogens is 2. The normalized spacial score (nSPS) is 13.4. The van der Waals surface area contributed by atoms with E-state index in [2.05, 4.69) is 34.0 Å². The Labute approximate surface area is 180 Å². The molecule has 0 spiro atoms. The average molecular weight is 505 g/mol. The first kappa shape index (κ1) is 21.9. The highest BCUT2D eigenvalue weighted by molar-refractivity contribution is 14.0. The van der Waals surface area contributed by atoms with Crippen molar-refractivity contribution in [3.8, 4) is 5.75 Å². The molecule has 27 heavy (non-hydrogen) atoms. The number of aliphatic imine (C=N–C) groups is 1. The van der Waals surface area contributed by atoms with Crippen LogP contribution in [0.1, 0.15) is 28.5 Å². The van der Waals surface area contributed by atoms with E-state index in [4.69, 9.17) is 9.47 Å². The summed E-state index contributed by atoms with van der Waals surface area (Å²) in [5.41, 5.74) is 2.88. The molecule has 0 aliphatic carbocycles. The topological polar surface area (TPSA) is 54.9 Å². The van der Waals surface area contributed by atoms with Gasteiger partial charge in [0, 0.05) is 23.5 Å². The van der Waals surface area contributed by atoms with Crippen LogP contribution >= 0.6 is 35.3 Å². The summed E-state index contributed by atoms with van der Waals surface area (Å²) in [5.74, 6) is 1.24. The Hall–Kier alpha value is -1.39. The minimum absolute atomic E-state index is 0. The molecule has 0 unspecified atom stereocenters. The number of guanidine groups is 1. The second-order valence-electron chi connectivity index (χ2n) is 6.06. The van der Waals surface area contributed by atoms with Crippen molar-refractivity contribution in [2.24, 2.45) is 4.99 Å². The molecule has 0 saturated heterocycles. The van der Waals surface area contributed by atoms with Crippen LogP contribution in [-0.4, -0.2) is 25.8 Å². The quantitative estimate of drug-likeness (QED) is 0.355. The molecule has 0 saturated carbocycles. The maximum absolute atomic E-state index is 13.8. The van der Waals surface area contributed by atoms with E-state index in [1.807, 2.05) is 6.92 Å². The van der Waals surface area contributed by atoms with E-state index >= 15 is 0 Å². The summed E-state index contributed by atoms with van der Waals surface area (Å²) >= 11 is 1.71. The lowest BCUT2D eigenvalue weighted by Crippen LogP contribution is -2.38. The molecule has 1 aliphatic rings. The highest BCUT2D eigenvalue weighted by Crippen LogP contribution is 2.29. The summed E-state index contributed by atoms with van der Waals surface area (Å²) in [6.07, 6.45) is 0.641. The maximum atomic E-state index is 13.8. The second kappa shape index (κ2) is 10.8. The van der Waals surface area contributed by atoms with E-state index in [9.17, 15) is 4.39 Å². The Balaban J connectivity index is 0.00000261. The summed E-state index contributed by atoms with van der Waals surface area (Å²) in [4.78, 5) is 5.89. The largest absolute Gasteiger partial charge is 0.467 e. The highest BCUT2D eigenvalue weighted by Gasteiger charge is 2.16. The Kier molecular flexibility index (Phi) is 8.78. The number of hydrogen-bond donors (Lipinski definition) is 2. The molecular weight excluding hydrogens is 480 g/mol. The zero-order valence-electron chi connectivity index (χ0n) is 15.5. The molecule has 0 fully saturated rings. The van der Waals surface area contributed by atoms with Gasteiger partial charge in [-0.25, -0.2) is 9.38 Å². The van der Waals surface area contributed by atoms with Gasteiger partial charge in [0.2, 0.25) is 0 Å². The van der Waals surface area contributed by atoms with Crippen LogP contribution in [0, 0.1) is 12.7 Å². The van der Waals surface area contributed by atoms with Crippen molar-refractivity contribution in [1.82, 2.24) is 10.6 Å². The zero-order chi connectivity index (χ0) is 18.4. The van der Waals surface area contributed by atoms with E-state index in [1.165, 1.54) is 22.6 Å². The molecule has 3 rings (SSSR count). The van der Waals surface area contributed by atoms with Crippen molar-refractivity contribution in [2.45, 2.75) is 33.4 Å². The van der Waals surface area contributed by atoms with Crippen LogP contribution in [0.4, 0.5) is 4.39 Å². The number of fused-ring (bicyclic) bond motifs is 1. The number of aryl methyl sites for hydroxylation is 1. The number of nitrogens with one attached hydrogen (secondary N) is 2. The maximum Gasteiger partial charge on any atom is 0.191 e. The smallest absolute Gasteiger partial charge is 0.191 e. The van der Waals surface area contributed by atoms with Gasteiger partial charge in [-0.2, -0.15) is 0 Å². The first-order valence-electron chi connectivity index (χ1n) is 8.74. The molecule has 0 atom stereocenters. The third kappa shape index (κ3) is 6.05. The third-order valence-electron chi connectivity index (χ3n) is 4.13. The van der Waals surface area contributed by atoms with E-state index < -0.39 is 0 Å². The number of thiophene rings is 1. The number of rotatable bonds is 6. The van der Waals surface area contributed by atoms with Gasteiger partial charge >= 0.3 is 0 Å². The SMILES string of the molecule is CCNC(=NCc1sccc1C)NCCc1cc(F)cc2c1OCOC2.I. The lowest BCUT2D eigenvalue weighted by molar-refractivity contribution is -0.0172. The number of ether oxygens (including phenoxy) is 2. The molecule has 0 amide bonds. The first-order valence-corrected chi connectivity index (χ1v) is 9.62. The van der Waals surface area contributed by atoms with Crippen molar-refractivity contribution in [2.75, 3.05) is 19.9 Å². The molecular formula is C19H25FIN3O2S. The highest BCUT2D eigenvalue weighted by atomic mass is 127. The second-order valence-corrected chi connectivity index (χ2v) is 7.06. The van der Waals surface area contributed by atoms with E-state index in [1.54, 1.807) is 11.3 Å². The molecule has 2 N–H and O–H groups in total. The lowest BCUT2D eigenvalue weighted by Gasteiger charge is -2.21. The van der Waals surface area contributed by atoms with Gasteiger partial charge in [-0.15, -0.1) is 35.3 Å². The fourth-order valence-electron chi connectivity index (χ4n) is 2.82. The fraction of sp³-hybridized carbons (Fsp3) is 0.421. The van der Waals surface area contributed by atoms with Crippen LogP contribution in [-0.2, 0) is 24.3 Å². The Morgan fingerprint density at radius 3 is 2.93 bits per heavy atom. The van der Waals surface area contributed by atoms with E-state index in [0.29, 0.717) is 26.1 Å². The van der Waals surface area contributed by atoms with Gasteiger partial charge in [0.15, 0.2) is 12.8 Å². The average Bonchev–Trinajstić information content (AvgIpc) is 3.04. The van der Waals surface area contributed by atoms with Crippen molar-refractivity contribution < 1.29 is 13.9 Å². The Bertz CT molecular complexity index is 782. The molecule has 148 valence electrons. The van der Waals surface area contributed by atoms with E-state index in [0.717, 1.165) is 29.4 Å². The summed E-state index contributed by atoms with van der Waals surface area (Å²) in [5, 5.41) is 8.63. The molecule has 1 aromatic heterocycles. The zero-order valence-corrected chi connectivity index (χ0v) is 18.7. The third-order valence-corrected chi connectivity index (χ3v) is 5.14. The predicted octanol–water partition coefficient (Wildman–Crippen LogP) is 3.98. The molecule has 1 aromatic carbocycles. The summed E-state index contributed by atoms with van der Waals surface area (Å²) in [6.45, 7) is 6.79. The van der Waals surface area contributed by atoms with Crippen molar-refractivity contribution >= 4 is 41.3 Å². The number of nitrogens with zero attached hydrogens (tertiary/aromatic N) is 1. The van der Waals surface area contributed by atoms with Gasteiger partial charge in [-0.1, -0.05) is 0 Å². The number of benzene rings is 1. The Morgan fingerprint density at radius 2 is 2.19 bits per heavy atom. The minimum atomic E-state index is -0.262. The van der Waals surface area contributed by atoms with Gasteiger partial charge in [0.1, 0.15) is 11.6 Å². The van der Waals surface area contributed by atoms with Crippen LogP contribution in [0.2, 0.25) is 0 Å². The molecule has 5 nitrogen and oxygen atoms in total. The lowest BCUT2D eigenvalue weighted by atomic mass is 10.1. The summed E-state index contributed by atoms with van der Waals surface area (Å²) < 4.78 is 24.6. The minimum Gasteiger partial charge on any atom is -0.467 e. The summed E-state index contributed by atoms with van der Waals surface area (Å²) in [7, 11) is 0. The van der Waals surface area contributed by atoms with Gasteiger partial charge in [-0.3, -0.25) is 0 Å². The molecule has 0 bridgehead atoms. The standard InChI is InChI=1S/C19H24FN3O2S.HI/c1-3-21-19(23-10-17-13(2)5-7-26-17)22-6-4-14-8-16(20)9-15-11-24-12-25-18(14)15;/h5,7-9H,3-4,6,10-12H2,1-2H3,(H2,21,22,23);1H. The molecule has 0 radical (unpaired) electrons. The molecule has 1 aliphatic heterocycles. The van der Waals surface area contributed by atoms with Crippen molar-refractivity contribution in [3.63, 3.8) is 0 Å². The fourth-order valence-corrected chi connectivity index (χ4v) is 3.65. The van der Waals surface area contributed by atoms with Crippen molar-refractivity contribution in [3.05, 3.63) is 51.0 Å². The first-order chi connectivity index (χ1) is 12.7. The van der Waals surface area contributed by atoms with Crippen LogP contribution in [0.15, 0.2) is 28.6 Å². The van der Waals surface area contributed by atoms with Gasteiger partial charge in [-0.05, 0) is 55.0 Å². The molecule has 2 heterocycles. The van der Waals surface area contributed by atoms with Crippen molar-refractivity contribution in [1.29, 1.82) is 0 Å². The van der Waals surface area contributed by atoms with Gasteiger partial charge in [0.05, 0.1) is 13.2 Å². The van der Waals surface area contributed by atoms with Gasteiger partial charge < -0.3 is 20.1 Å². The van der Waals surface area contributed by atoms with Crippen LogP contribution in [0.3, 0.4) is 0 Å².